The van der Waals surface area contributed by atoms with Crippen LogP contribution in [0.3, 0.4) is 0 Å². The Bertz CT molecular complexity index is 938. The van der Waals surface area contributed by atoms with Crippen LogP contribution in [0.2, 0.25) is 10.0 Å². The van der Waals surface area contributed by atoms with Crippen molar-refractivity contribution in [2.45, 2.75) is 5.75 Å². The molecule has 2 aromatic rings. The number of nitrogens with one attached hydrogen (secondary N) is 1. The normalized spacial score (nSPS) is 11.2. The number of rotatable bonds is 10. The second-order valence-electron chi connectivity index (χ2n) is 6.12. The minimum absolute atomic E-state index is 0.289. The van der Waals surface area contributed by atoms with Gasteiger partial charge in [0, 0.05) is 18.1 Å². The fraction of sp³-hybridized carbons (Fsp3) is 0.316. The van der Waals surface area contributed by atoms with E-state index in [0.717, 1.165) is 21.9 Å². The summed E-state index contributed by atoms with van der Waals surface area (Å²) in [6.07, 6.45) is 1.07. The van der Waals surface area contributed by atoms with Gasteiger partial charge in [0.1, 0.15) is 12.3 Å². The van der Waals surface area contributed by atoms with Crippen molar-refractivity contribution >= 4 is 56.6 Å². The third kappa shape index (κ3) is 7.62. The van der Waals surface area contributed by atoms with Gasteiger partial charge in [0.25, 0.3) is 0 Å². The summed E-state index contributed by atoms with van der Waals surface area (Å²) in [5.41, 5.74) is 1.44. The predicted octanol–water partition coefficient (Wildman–Crippen LogP) is 3.82. The minimum Gasteiger partial charge on any atom is -0.497 e. The van der Waals surface area contributed by atoms with E-state index in [2.05, 4.69) is 5.32 Å². The van der Waals surface area contributed by atoms with Crippen molar-refractivity contribution in [1.29, 1.82) is 0 Å². The van der Waals surface area contributed by atoms with Gasteiger partial charge in [-0.05, 0) is 42.0 Å². The molecule has 0 fully saturated rings. The van der Waals surface area contributed by atoms with Crippen molar-refractivity contribution in [1.82, 2.24) is 5.32 Å². The average Bonchev–Trinajstić information content (AvgIpc) is 2.68. The zero-order valence-corrected chi connectivity index (χ0v) is 19.2. The number of amides is 1. The average molecular weight is 477 g/mol. The molecule has 0 bridgehead atoms. The zero-order chi connectivity index (χ0) is 21.4. The molecule has 0 heterocycles. The first kappa shape index (κ1) is 23.7. The van der Waals surface area contributed by atoms with Gasteiger partial charge in [-0.25, -0.2) is 8.42 Å². The van der Waals surface area contributed by atoms with Crippen LogP contribution in [-0.4, -0.2) is 46.5 Å². The van der Waals surface area contributed by atoms with Gasteiger partial charge in [-0.3, -0.25) is 9.10 Å². The maximum absolute atomic E-state index is 12.2. The highest BCUT2D eigenvalue weighted by Crippen LogP contribution is 2.24. The molecule has 0 radical (unpaired) electrons. The Hall–Kier alpha value is -1.61. The van der Waals surface area contributed by atoms with E-state index in [1.807, 2.05) is 12.1 Å². The van der Waals surface area contributed by atoms with Crippen LogP contribution in [0.25, 0.3) is 0 Å². The molecular weight excluding hydrogens is 455 g/mol. The molecule has 1 amide bonds. The summed E-state index contributed by atoms with van der Waals surface area (Å²) in [6, 6.07) is 11.9. The number of anilines is 1. The molecule has 0 aliphatic carbocycles. The second-order valence-corrected chi connectivity index (χ2v) is 9.95. The van der Waals surface area contributed by atoms with Crippen molar-refractivity contribution in [3.05, 3.63) is 58.1 Å². The highest BCUT2D eigenvalue weighted by atomic mass is 35.5. The fourth-order valence-corrected chi connectivity index (χ4v) is 4.40. The van der Waals surface area contributed by atoms with E-state index in [0.29, 0.717) is 33.8 Å². The van der Waals surface area contributed by atoms with E-state index in [9.17, 15) is 13.2 Å². The van der Waals surface area contributed by atoms with Crippen LogP contribution in [0, 0.1) is 0 Å². The lowest BCUT2D eigenvalue weighted by molar-refractivity contribution is -0.119. The van der Waals surface area contributed by atoms with E-state index >= 15 is 0 Å². The molecule has 0 aliphatic rings. The molecule has 158 valence electrons. The summed E-state index contributed by atoms with van der Waals surface area (Å²) in [6.45, 7) is 0.133. The van der Waals surface area contributed by atoms with Crippen LogP contribution in [0.4, 0.5) is 5.69 Å². The molecule has 0 spiro atoms. The Kier molecular flexibility index (Phi) is 8.95. The molecule has 2 aromatic carbocycles. The largest absolute Gasteiger partial charge is 0.497 e. The summed E-state index contributed by atoms with van der Waals surface area (Å²) >= 11 is 13.5. The lowest BCUT2D eigenvalue weighted by Crippen LogP contribution is -2.41. The molecule has 0 atom stereocenters. The molecule has 0 saturated heterocycles. The number of nitrogens with zero attached hydrogens (tertiary/aromatic N) is 1. The van der Waals surface area contributed by atoms with Gasteiger partial charge >= 0.3 is 0 Å². The number of thioether (sulfide) groups is 1. The lowest BCUT2D eigenvalue weighted by Gasteiger charge is -2.22. The van der Waals surface area contributed by atoms with E-state index in [-0.39, 0.29) is 12.5 Å². The summed E-state index contributed by atoms with van der Waals surface area (Å²) < 4.78 is 30.3. The van der Waals surface area contributed by atoms with Gasteiger partial charge in [-0.15, -0.1) is 0 Å². The summed E-state index contributed by atoms with van der Waals surface area (Å²) in [5, 5.41) is 3.77. The molecule has 0 aromatic heterocycles. The van der Waals surface area contributed by atoms with Gasteiger partial charge in [-0.1, -0.05) is 29.3 Å². The fourth-order valence-electron chi connectivity index (χ4n) is 2.42. The molecule has 0 unspecified atom stereocenters. The molecule has 10 heteroatoms. The lowest BCUT2D eigenvalue weighted by atomic mass is 10.2. The maximum atomic E-state index is 12.2. The summed E-state index contributed by atoms with van der Waals surface area (Å²) in [4.78, 5) is 12.2. The number of ether oxygens (including phenoxy) is 1. The Morgan fingerprint density at radius 3 is 2.41 bits per heavy atom. The topological polar surface area (TPSA) is 75.7 Å². The summed E-state index contributed by atoms with van der Waals surface area (Å²) in [5.74, 6) is 1.63. The molecular formula is C19H22Cl2N2O4S2. The monoisotopic (exact) mass is 476 g/mol. The van der Waals surface area contributed by atoms with Crippen molar-refractivity contribution < 1.29 is 17.9 Å². The van der Waals surface area contributed by atoms with Gasteiger partial charge in [0.2, 0.25) is 15.9 Å². The number of benzene rings is 2. The number of methoxy groups -OCH3 is 1. The molecule has 0 saturated carbocycles. The smallest absolute Gasteiger partial charge is 0.240 e. The Labute approximate surface area is 185 Å². The molecule has 1 N–H and O–H groups in total. The van der Waals surface area contributed by atoms with E-state index in [1.165, 1.54) is 7.11 Å². The standard InChI is InChI=1S/C19H22Cl2N2O4S2/c1-27-16-6-4-15(5-7-16)23(29(2,25)26)12-19(24)22-9-10-28-13-14-3-8-17(20)18(21)11-14/h3-8,11H,9-10,12-13H2,1-2H3,(H,22,24). The van der Waals surface area contributed by atoms with E-state index in [4.69, 9.17) is 27.9 Å². The van der Waals surface area contributed by atoms with Crippen LogP contribution in [0.1, 0.15) is 5.56 Å². The van der Waals surface area contributed by atoms with Crippen LogP contribution in [0.15, 0.2) is 42.5 Å². The highest BCUT2D eigenvalue weighted by Gasteiger charge is 2.20. The summed E-state index contributed by atoms with van der Waals surface area (Å²) in [7, 11) is -2.08. The van der Waals surface area contributed by atoms with Gasteiger partial charge in [-0.2, -0.15) is 11.8 Å². The van der Waals surface area contributed by atoms with Crippen molar-refractivity contribution in [2.75, 3.05) is 36.5 Å². The first-order valence-electron chi connectivity index (χ1n) is 8.61. The van der Waals surface area contributed by atoms with Gasteiger partial charge < -0.3 is 10.1 Å². The molecule has 6 nitrogen and oxygen atoms in total. The van der Waals surface area contributed by atoms with Crippen LogP contribution < -0.4 is 14.4 Å². The number of hydrogen-bond donors (Lipinski definition) is 1. The zero-order valence-electron chi connectivity index (χ0n) is 16.0. The van der Waals surface area contributed by atoms with Crippen molar-refractivity contribution in [3.8, 4) is 5.75 Å². The predicted molar refractivity (Wildman–Crippen MR) is 121 cm³/mol. The third-order valence-corrected chi connectivity index (χ3v) is 6.78. The molecule has 29 heavy (non-hydrogen) atoms. The van der Waals surface area contributed by atoms with E-state index < -0.39 is 10.0 Å². The van der Waals surface area contributed by atoms with Crippen molar-refractivity contribution in [2.24, 2.45) is 0 Å². The Morgan fingerprint density at radius 2 is 1.83 bits per heavy atom. The highest BCUT2D eigenvalue weighted by molar-refractivity contribution is 7.98. The first-order valence-corrected chi connectivity index (χ1v) is 12.4. The number of halogens is 2. The number of hydrogen-bond acceptors (Lipinski definition) is 5. The minimum atomic E-state index is -3.61. The number of carbonyl (C=O) groups is 1. The SMILES string of the molecule is COc1ccc(N(CC(=O)NCCSCc2ccc(Cl)c(Cl)c2)S(C)(=O)=O)cc1. The van der Waals surface area contributed by atoms with Gasteiger partial charge in [0.05, 0.1) is 29.1 Å². The van der Waals surface area contributed by atoms with Crippen LogP contribution in [0.5, 0.6) is 5.75 Å². The van der Waals surface area contributed by atoms with Crippen molar-refractivity contribution in [3.63, 3.8) is 0 Å². The number of sulfonamides is 1. The van der Waals surface area contributed by atoms with Gasteiger partial charge in [0.15, 0.2) is 0 Å². The molecule has 2 rings (SSSR count). The maximum Gasteiger partial charge on any atom is 0.240 e. The quantitative estimate of drug-likeness (QED) is 0.527. The van der Waals surface area contributed by atoms with Crippen LogP contribution in [-0.2, 0) is 20.6 Å². The second kappa shape index (κ2) is 11.0. The molecule has 0 aliphatic heterocycles. The Balaban J connectivity index is 1.82. The van der Waals surface area contributed by atoms with Crippen LogP contribution >= 0.6 is 35.0 Å². The Morgan fingerprint density at radius 1 is 1.14 bits per heavy atom. The van der Waals surface area contributed by atoms with E-state index in [1.54, 1.807) is 42.1 Å². The first-order chi connectivity index (χ1) is 13.7. The number of carbonyl (C=O) groups excluding carboxylic acids is 1. The third-order valence-electron chi connectivity index (χ3n) is 3.87.